The molecule has 0 fully saturated rings. The van der Waals surface area contributed by atoms with Crippen LogP contribution in [0.3, 0.4) is 0 Å². The maximum absolute atomic E-state index is 11.1. The molecular weight excluding hydrogens is 237 g/mol. The van der Waals surface area contributed by atoms with Crippen molar-refractivity contribution < 1.29 is 14.4 Å². The van der Waals surface area contributed by atoms with E-state index in [0.29, 0.717) is 0 Å². The SMILES string of the molecule is O=C(OCc1ccccc1)P(O)PP. The minimum Gasteiger partial charge on any atom is -0.456 e. The first kappa shape index (κ1) is 12.0. The maximum Gasteiger partial charge on any atom is 0.358 e. The molecule has 0 aliphatic heterocycles. The van der Waals surface area contributed by atoms with Crippen molar-refractivity contribution in [2.75, 3.05) is 0 Å². The Morgan fingerprint density at radius 3 is 2.71 bits per heavy atom. The Hall–Kier alpha value is -0.0600. The second kappa shape index (κ2) is 6.43. The van der Waals surface area contributed by atoms with E-state index in [0.717, 1.165) is 5.56 Å². The fourth-order valence-corrected chi connectivity index (χ4v) is 2.58. The number of carbonyl (C=O) groups excluding carboxylic acids is 1. The average Bonchev–Trinajstić information content (AvgIpc) is 2.26. The van der Waals surface area contributed by atoms with Crippen LogP contribution in [0.4, 0.5) is 4.79 Å². The molecule has 3 nitrogen and oxygen atoms in total. The van der Waals surface area contributed by atoms with Crippen LogP contribution < -0.4 is 0 Å². The molecule has 0 aliphatic rings. The molecule has 0 heterocycles. The molecule has 0 aliphatic carbocycles. The van der Waals surface area contributed by atoms with Crippen molar-refractivity contribution in [2.45, 2.75) is 6.61 Å². The van der Waals surface area contributed by atoms with E-state index < -0.39 is 13.5 Å². The topological polar surface area (TPSA) is 46.5 Å². The largest absolute Gasteiger partial charge is 0.456 e. The van der Waals surface area contributed by atoms with Gasteiger partial charge in [-0.05, 0) is 13.5 Å². The van der Waals surface area contributed by atoms with Crippen molar-refractivity contribution in [3.05, 3.63) is 35.9 Å². The van der Waals surface area contributed by atoms with Crippen molar-refractivity contribution in [1.29, 1.82) is 0 Å². The Bertz CT molecular complexity index is 291. The van der Waals surface area contributed by atoms with Crippen molar-refractivity contribution in [3.63, 3.8) is 0 Å². The molecule has 1 aromatic rings. The normalized spacial score (nSPS) is 13.0. The van der Waals surface area contributed by atoms with Crippen LogP contribution in [0.15, 0.2) is 30.3 Å². The lowest BCUT2D eigenvalue weighted by Gasteiger charge is -2.07. The van der Waals surface area contributed by atoms with E-state index in [4.69, 9.17) is 4.74 Å². The highest BCUT2D eigenvalue weighted by atomic mass is 32.4. The standard InChI is InChI=1S/C8H11O3P3/c9-8(14(10)13-12)11-6-7-4-2-1-3-5-7/h1-5,10,13H,6,12H2. The predicted molar refractivity (Wildman–Crippen MR) is 63.8 cm³/mol. The minimum atomic E-state index is -1.61. The van der Waals surface area contributed by atoms with Crippen LogP contribution in [-0.2, 0) is 11.3 Å². The van der Waals surface area contributed by atoms with E-state index in [1.54, 1.807) is 0 Å². The van der Waals surface area contributed by atoms with Crippen molar-refractivity contribution in [1.82, 2.24) is 0 Å². The van der Waals surface area contributed by atoms with E-state index in [1.807, 2.05) is 30.3 Å². The molecule has 1 N–H and O–H groups in total. The molecule has 0 saturated carbocycles. The summed E-state index contributed by atoms with van der Waals surface area (Å²) in [6.07, 6.45) is 0. The van der Waals surface area contributed by atoms with Gasteiger partial charge in [-0.25, -0.2) is 4.79 Å². The molecule has 0 bridgehead atoms. The number of rotatable bonds is 4. The zero-order valence-corrected chi connectivity index (χ0v) is 10.4. The molecule has 0 spiro atoms. The zero-order chi connectivity index (χ0) is 10.4. The Labute approximate surface area is 87.9 Å². The van der Waals surface area contributed by atoms with Gasteiger partial charge in [-0.2, -0.15) is 0 Å². The number of carbonyl (C=O) groups is 1. The lowest BCUT2D eigenvalue weighted by Crippen LogP contribution is -1.97. The lowest BCUT2D eigenvalue weighted by atomic mass is 10.2. The molecule has 1 aromatic carbocycles. The summed E-state index contributed by atoms with van der Waals surface area (Å²) < 4.78 is 4.91. The first-order valence-electron chi connectivity index (χ1n) is 3.90. The van der Waals surface area contributed by atoms with Crippen LogP contribution in [0.1, 0.15) is 5.56 Å². The second-order valence-electron chi connectivity index (χ2n) is 2.48. The third kappa shape index (κ3) is 3.98. The second-order valence-corrected chi connectivity index (χ2v) is 8.10. The first-order valence-corrected chi connectivity index (χ1v) is 8.84. The molecule has 6 heteroatoms. The van der Waals surface area contributed by atoms with Crippen molar-refractivity contribution >= 4 is 30.4 Å². The van der Waals surface area contributed by atoms with E-state index in [-0.39, 0.29) is 14.6 Å². The molecule has 0 aromatic heterocycles. The Kier molecular flexibility index (Phi) is 5.52. The van der Waals surface area contributed by atoms with Crippen LogP contribution in [-0.4, -0.2) is 10.6 Å². The van der Waals surface area contributed by atoms with E-state index in [2.05, 4.69) is 8.93 Å². The molecule has 0 amide bonds. The summed E-state index contributed by atoms with van der Waals surface area (Å²) in [5.41, 5.74) is 0.425. The van der Waals surface area contributed by atoms with Gasteiger partial charge in [-0.1, -0.05) is 30.3 Å². The van der Waals surface area contributed by atoms with Gasteiger partial charge in [-0.3, -0.25) is 0 Å². The Morgan fingerprint density at radius 1 is 1.50 bits per heavy atom. The number of ether oxygens (including phenoxy) is 1. The summed E-state index contributed by atoms with van der Waals surface area (Å²) in [4.78, 5) is 20.3. The van der Waals surface area contributed by atoms with Crippen molar-refractivity contribution in [2.24, 2.45) is 0 Å². The number of benzene rings is 1. The highest BCUT2D eigenvalue weighted by molar-refractivity contribution is 8.47. The number of hydrogen-bond acceptors (Lipinski definition) is 3. The summed E-state index contributed by atoms with van der Waals surface area (Å²) in [6.45, 7) is 0.230. The summed E-state index contributed by atoms with van der Waals surface area (Å²) in [5, 5.41) is 0. The van der Waals surface area contributed by atoms with Gasteiger partial charge in [0.15, 0.2) is 7.84 Å². The predicted octanol–water partition coefficient (Wildman–Crippen LogP) is 3.10. The van der Waals surface area contributed by atoms with Gasteiger partial charge < -0.3 is 9.63 Å². The van der Waals surface area contributed by atoms with Crippen molar-refractivity contribution in [3.8, 4) is 0 Å². The van der Waals surface area contributed by atoms with Crippen LogP contribution in [0.5, 0.6) is 0 Å². The molecule has 3 unspecified atom stereocenters. The van der Waals surface area contributed by atoms with Gasteiger partial charge in [0.25, 0.3) is 0 Å². The summed E-state index contributed by atoms with van der Waals surface area (Å²) in [7, 11) is 0.883. The van der Waals surface area contributed by atoms with E-state index in [1.165, 1.54) is 0 Å². The van der Waals surface area contributed by atoms with Gasteiger partial charge in [0.2, 0.25) is 0 Å². The van der Waals surface area contributed by atoms with Gasteiger partial charge in [0.1, 0.15) is 6.61 Å². The summed E-state index contributed by atoms with van der Waals surface area (Å²) >= 11 is 0. The Morgan fingerprint density at radius 2 is 2.14 bits per heavy atom. The lowest BCUT2D eigenvalue weighted by molar-refractivity contribution is 0.166. The van der Waals surface area contributed by atoms with Crippen LogP contribution in [0.25, 0.3) is 0 Å². The molecule has 0 radical (unpaired) electrons. The highest BCUT2D eigenvalue weighted by Gasteiger charge is 2.14. The van der Waals surface area contributed by atoms with E-state index in [9.17, 15) is 9.69 Å². The molecule has 14 heavy (non-hydrogen) atoms. The van der Waals surface area contributed by atoms with Gasteiger partial charge in [0.05, 0.1) is 0 Å². The molecule has 1 rings (SSSR count). The average molecular weight is 248 g/mol. The molecular formula is C8H11O3P3. The monoisotopic (exact) mass is 248 g/mol. The Balaban J connectivity index is 2.38. The van der Waals surface area contributed by atoms with Crippen LogP contribution in [0.2, 0.25) is 0 Å². The molecule has 76 valence electrons. The fraction of sp³-hybridized carbons (Fsp3) is 0.125. The summed E-state index contributed by atoms with van der Waals surface area (Å²) in [5.74, 6) is 0. The third-order valence-electron chi connectivity index (χ3n) is 1.50. The van der Waals surface area contributed by atoms with Crippen LogP contribution in [0, 0.1) is 0 Å². The van der Waals surface area contributed by atoms with Gasteiger partial charge in [-0.15, -0.1) is 8.93 Å². The maximum atomic E-state index is 11.1. The van der Waals surface area contributed by atoms with Crippen LogP contribution >= 0.6 is 24.7 Å². The van der Waals surface area contributed by atoms with E-state index >= 15 is 0 Å². The van der Waals surface area contributed by atoms with Gasteiger partial charge in [0, 0.05) is 0 Å². The quantitative estimate of drug-likeness (QED) is 0.832. The third-order valence-corrected chi connectivity index (χ3v) is 5.70. The smallest absolute Gasteiger partial charge is 0.358 e. The summed E-state index contributed by atoms with van der Waals surface area (Å²) in [6, 6.07) is 9.39. The molecule has 0 saturated heterocycles. The number of hydrogen-bond donors (Lipinski definition) is 1. The minimum absolute atomic E-state index is 0.142. The zero-order valence-electron chi connectivity index (χ0n) is 7.38. The highest BCUT2D eigenvalue weighted by Crippen LogP contribution is 2.57. The fourth-order valence-electron chi connectivity index (χ4n) is 0.833. The van der Waals surface area contributed by atoms with Gasteiger partial charge >= 0.3 is 5.71 Å². The first-order chi connectivity index (χ1) is 6.74. The molecule has 3 atom stereocenters.